The number of aromatic nitrogens is 3. The Hall–Kier alpha value is -15.3. The second-order valence-electron chi connectivity index (χ2n) is 35.8. The van der Waals surface area contributed by atoms with Gasteiger partial charge in [0.2, 0.25) is 23.6 Å². The van der Waals surface area contributed by atoms with Gasteiger partial charge in [0, 0.05) is 84.6 Å². The van der Waals surface area contributed by atoms with Crippen LogP contribution in [0.1, 0.15) is 119 Å². The van der Waals surface area contributed by atoms with Crippen LogP contribution in [-0.2, 0) is 52.6 Å². The van der Waals surface area contributed by atoms with Crippen LogP contribution in [0.2, 0.25) is 25.1 Å². The number of likely N-dealkylation sites (tertiary alicyclic amines) is 1. The zero-order valence-corrected chi connectivity index (χ0v) is 85.0. The van der Waals surface area contributed by atoms with E-state index >= 15 is 0 Å². The zero-order chi connectivity index (χ0) is 106. The lowest BCUT2D eigenvalue weighted by atomic mass is 9.92. The number of nitrogens with one attached hydrogen (secondary N) is 8. The Kier molecular flexibility index (Phi) is 40.1. The molecule has 7 heterocycles. The second-order valence-corrected chi connectivity index (χ2v) is 37.9. The fourth-order valence-electron chi connectivity index (χ4n) is 19.1. The third-order valence-electron chi connectivity index (χ3n) is 26.5. The number of fused-ring (bicyclic) bond motifs is 5. The number of methoxy groups -OCH3 is 2. The molecule has 0 unspecified atom stereocenters. The molecule has 10 aromatic carbocycles. The first-order chi connectivity index (χ1) is 72.0. The van der Waals surface area contributed by atoms with Crippen LogP contribution in [0.3, 0.4) is 0 Å². The Morgan fingerprint density at radius 1 is 0.490 bits per heavy atom. The number of benzene rings is 10. The molecule has 0 radical (unpaired) electrons. The van der Waals surface area contributed by atoms with E-state index in [2.05, 4.69) is 71.1 Å². The number of nitrogens with zero attached hydrogens (tertiary/aromatic N) is 7. The number of azide groups is 2. The van der Waals surface area contributed by atoms with Crippen molar-refractivity contribution in [1.29, 1.82) is 0 Å². The van der Waals surface area contributed by atoms with Gasteiger partial charge in [0.15, 0.2) is 17.9 Å². The highest BCUT2D eigenvalue weighted by Gasteiger charge is 2.51. The van der Waals surface area contributed by atoms with E-state index in [4.69, 9.17) is 84.0 Å². The molecule has 10 atom stereocenters. The van der Waals surface area contributed by atoms with Crippen LogP contribution in [0, 0.1) is 35.5 Å². The number of ether oxygens (including phenoxy) is 3. The largest absolute Gasteiger partial charge is 0.477 e. The number of aromatic amines is 3. The number of amides is 5. The first kappa shape index (κ1) is 111. The molecule has 13 aromatic rings. The van der Waals surface area contributed by atoms with E-state index in [0.29, 0.717) is 98.5 Å². The lowest BCUT2D eigenvalue weighted by molar-refractivity contribution is -0.141. The normalized spacial score (nSPS) is 17.8. The number of carbonyl (C=O) groups is 12. The molecule has 149 heavy (non-hydrogen) atoms. The Morgan fingerprint density at radius 2 is 0.913 bits per heavy atom. The number of rotatable bonds is 27. The summed E-state index contributed by atoms with van der Waals surface area (Å²) in [5.74, 6) is -4.32. The minimum atomic E-state index is -0.998. The molecule has 3 aromatic heterocycles. The average Bonchev–Trinajstić information content (AvgIpc) is 1.60. The Labute approximate surface area is 881 Å². The van der Waals surface area contributed by atoms with Gasteiger partial charge < -0.3 is 76.0 Å². The summed E-state index contributed by atoms with van der Waals surface area (Å²) >= 11 is 31.3. The Morgan fingerprint density at radius 3 is 1.33 bits per heavy atom. The van der Waals surface area contributed by atoms with Gasteiger partial charge in [0.25, 0.3) is 5.91 Å². The minimum Gasteiger partial charge on any atom is -0.477 e. The van der Waals surface area contributed by atoms with Crippen molar-refractivity contribution in [1.82, 2.24) is 46.4 Å². The molecule has 11 N–H and O–H groups in total. The van der Waals surface area contributed by atoms with Crippen molar-refractivity contribution in [3.63, 3.8) is 0 Å². The number of Topliss-reactive ketones (excluding diaryl/α,β-unsaturated/α-hetero) is 2. The molecule has 0 spiro atoms. The van der Waals surface area contributed by atoms with Crippen LogP contribution in [0.4, 0.5) is 0 Å². The standard InChI is InChI=1S/C31H33ClN4O5.C16H12ClN3O2.C16H12ClNO2.C16H25N3O4.C15H10ClNO2.C13H9ClO.C4H7N3O2/c32-23-11-20(17-5-2-1-3-6-17)13-24-22(23)14-26(34-24)31(41)36-15-19-7-4-8-21(19)28(36)30(40)35-25(27(38)16-37)12-18-9-10-33-29(18)39;1-22-16(21)15(19-20-18)10-13-8-7-12(9-14(13)17)11-5-3-2-4-6-11;1-20-16(19)15-9-12-13(17)7-11(8-14(12)18-15)10-5-3-2-4-6-10;20-8-13(21)12(6-9-4-5-17-15(9)22)19-16(23)14-11-3-1-2-10(11)7-18-14;16-12-6-10(9-4-2-1-3-5-9)7-13-11(12)8-14(17-13)15(18)19;14-13-8-11(6-7-12(13)9-15)10-4-2-1-3-5-10;1-2-9-4(8)3-6-7-5/h1-3,5-6,11,13-14,18-19,21,25,28,34,37H,4,7-10,12,15-16H2,(H,33,39)(H,35,40);2-10H,1H3;2-9,18H,1H3;9-12,14,18,20H,1-8H2,(H,17,22)(H,19,23);1-8,17H,(H,18,19);1-9H;2-3H2,1H3/b;15-10-;;;;;/t18-,19-,21-,25-,28-;;;9-,10-,11-,12-,14-;;;/m0..0.../s1. The highest BCUT2D eigenvalue weighted by molar-refractivity contribution is 6.37. The van der Waals surface area contributed by atoms with Gasteiger partial charge in [0.1, 0.15) is 48.6 Å². The highest BCUT2D eigenvalue weighted by Crippen LogP contribution is 2.45. The molecule has 33 nitrogen and oxygen atoms in total. The van der Waals surface area contributed by atoms with Crippen LogP contribution >= 0.6 is 58.0 Å². The summed E-state index contributed by atoms with van der Waals surface area (Å²) < 4.78 is 13.7. The predicted octanol–water partition coefficient (Wildman–Crippen LogP) is 20.2. The highest BCUT2D eigenvalue weighted by atomic mass is 35.5. The first-order valence-corrected chi connectivity index (χ1v) is 50.0. The van der Waals surface area contributed by atoms with E-state index in [1.165, 1.54) is 20.3 Å². The number of aliphatic hydroxyl groups is 2. The molecule has 5 amide bonds. The molecule has 6 aliphatic rings. The molecule has 19 rings (SSSR count). The maximum atomic E-state index is 13.9. The summed E-state index contributed by atoms with van der Waals surface area (Å²) in [6.45, 7) is 2.86. The number of hydrogen-bond donors (Lipinski definition) is 11. The van der Waals surface area contributed by atoms with Crippen molar-refractivity contribution < 1.29 is 87.1 Å². The summed E-state index contributed by atoms with van der Waals surface area (Å²) in [7, 11) is 2.56. The maximum absolute atomic E-state index is 13.9. The van der Waals surface area contributed by atoms with Crippen molar-refractivity contribution in [3.05, 3.63) is 323 Å². The number of halogens is 5. The fraction of sp³-hybridized carbons (Fsp3) is 0.279. The van der Waals surface area contributed by atoms with E-state index < -0.39 is 78.6 Å². The van der Waals surface area contributed by atoms with E-state index in [1.807, 2.05) is 200 Å². The quantitative estimate of drug-likeness (QED) is 0.00433. The topological polar surface area (TPSA) is 501 Å². The van der Waals surface area contributed by atoms with Gasteiger partial charge in [-0.3, -0.25) is 43.2 Å². The van der Waals surface area contributed by atoms with Crippen molar-refractivity contribution in [3.8, 4) is 55.6 Å². The van der Waals surface area contributed by atoms with Crippen molar-refractivity contribution in [2.75, 3.05) is 66.8 Å². The van der Waals surface area contributed by atoms with E-state index in [9.17, 15) is 62.6 Å². The second kappa shape index (κ2) is 53.9. The summed E-state index contributed by atoms with van der Waals surface area (Å²) in [5, 5.41) is 53.2. The molecule has 2 saturated carbocycles. The van der Waals surface area contributed by atoms with Gasteiger partial charge in [-0.2, -0.15) is 0 Å². The SMILES string of the molecule is CCOC(=O)CN=[N+]=[N-].COC(=O)/C(=C/c1ccc(-c2ccccc2)cc1Cl)N=[N+]=[N-].COC(=O)c1cc2c(Cl)cc(-c3ccccc3)cc2[nH]1.O=C(O)c1cc2c(Cl)cc(-c3ccccc3)cc2[nH]1.O=C1NCC[C@H]1C[C@H](NC(=O)[C@@H]1[C@H]2CCC[C@H]2CN1C(=O)c1cc2c(Cl)cc(-c3ccccc3)cc2[nH]1)C(=O)CO.O=C1NCC[C@H]1C[C@H](NC(=O)[C@H]1NC[C@@H]2CCC[C@@H]21)C(=O)CO.O=Cc1ccc(-c2ccccc2)cc1Cl. The van der Waals surface area contributed by atoms with Crippen molar-refractivity contribution in [2.45, 2.75) is 95.3 Å². The van der Waals surface area contributed by atoms with Crippen LogP contribution in [0.15, 0.2) is 259 Å². The molecule has 4 aliphatic heterocycles. The Balaban J connectivity index is 0.000000151. The number of H-pyrrole nitrogens is 3. The van der Waals surface area contributed by atoms with Crippen LogP contribution in [-0.4, -0.2) is 197 Å². The Bertz CT molecular complexity index is 7170. The summed E-state index contributed by atoms with van der Waals surface area (Å²) in [4.78, 5) is 159. The molecular weight excluding hydrogens is 2010 g/mol. The van der Waals surface area contributed by atoms with Gasteiger partial charge in [-0.15, -0.1) is 0 Å². The average molecular weight is 2120 g/mol. The number of carbonyl (C=O) groups excluding carboxylic acids is 11. The lowest BCUT2D eigenvalue weighted by Crippen LogP contribution is -2.53. The van der Waals surface area contributed by atoms with E-state index in [-0.39, 0.29) is 78.2 Å². The van der Waals surface area contributed by atoms with Gasteiger partial charge >= 0.3 is 23.9 Å². The molecule has 770 valence electrons. The molecule has 38 heteroatoms. The number of hydrogen-bond acceptors (Lipinski definition) is 20. The molecule has 0 bridgehead atoms. The molecule has 2 aliphatic carbocycles. The van der Waals surface area contributed by atoms with Crippen molar-refractivity contribution in [2.24, 2.45) is 45.7 Å². The number of ketones is 2. The van der Waals surface area contributed by atoms with Gasteiger partial charge in [-0.25, -0.2) is 14.4 Å². The number of aromatic carboxylic acids is 1. The molecule has 6 fully saturated rings. The number of aliphatic hydroxyl groups excluding tert-OH is 2. The fourth-order valence-corrected chi connectivity index (χ4v) is 20.4. The number of esters is 3. The number of aldehydes is 1. The molecule has 4 saturated heterocycles. The smallest absolute Gasteiger partial charge is 0.354 e. The number of carboxylic acid groups (broad SMARTS) is 1. The monoisotopic (exact) mass is 2110 g/mol. The first-order valence-electron chi connectivity index (χ1n) is 48.1. The van der Waals surface area contributed by atoms with Gasteiger partial charge in [0.05, 0.1) is 59.0 Å². The third kappa shape index (κ3) is 29.0. The van der Waals surface area contributed by atoms with Crippen LogP contribution in [0.25, 0.3) is 115 Å². The lowest BCUT2D eigenvalue weighted by Gasteiger charge is -2.29. The zero-order valence-electron chi connectivity index (χ0n) is 81.2. The van der Waals surface area contributed by atoms with Crippen LogP contribution < -0.4 is 26.6 Å². The summed E-state index contributed by atoms with van der Waals surface area (Å²) in [6.07, 6.45) is 9.84. The molecular formula is C111H108Cl5N15O18. The van der Waals surface area contributed by atoms with Gasteiger partial charge in [-0.1, -0.05) is 251 Å². The van der Waals surface area contributed by atoms with Crippen molar-refractivity contribution >= 4 is 168 Å². The van der Waals surface area contributed by atoms with Gasteiger partial charge in [-0.05, 0) is 240 Å². The minimum absolute atomic E-state index is 0.0174. The maximum Gasteiger partial charge on any atom is 0.354 e. The van der Waals surface area contributed by atoms with E-state index in [1.54, 1.807) is 54.3 Å². The summed E-state index contributed by atoms with van der Waals surface area (Å²) in [6, 6.07) is 73.8. The van der Waals surface area contributed by atoms with E-state index in [0.717, 1.165) is 140 Å². The third-order valence-corrected chi connectivity index (χ3v) is 28.1. The predicted molar refractivity (Wildman–Crippen MR) is 571 cm³/mol. The number of carboxylic acids is 1. The summed E-state index contributed by atoms with van der Waals surface area (Å²) in [5.41, 5.74) is 30.4. The van der Waals surface area contributed by atoms with Crippen LogP contribution in [0.5, 0.6) is 0 Å².